The molecule has 2 aromatic rings. The van der Waals surface area contributed by atoms with Crippen molar-refractivity contribution >= 4 is 6.03 Å². The number of hydrogen-bond acceptors (Lipinski definition) is 5. The van der Waals surface area contributed by atoms with Crippen LogP contribution in [-0.2, 0) is 13.1 Å². The molecule has 0 aliphatic carbocycles. The van der Waals surface area contributed by atoms with Gasteiger partial charge in [-0.25, -0.2) is 4.79 Å². The van der Waals surface area contributed by atoms with Gasteiger partial charge in [-0.2, -0.15) is 0 Å². The SMILES string of the molecule is Cc1cc(CNC(=O)N(C)Cc2ccc3c(c2)OCO3)on1. The number of aryl methyl sites for hydroxylation is 1. The minimum absolute atomic E-state index is 0.188. The first-order valence-corrected chi connectivity index (χ1v) is 6.91. The van der Waals surface area contributed by atoms with Gasteiger partial charge in [0.25, 0.3) is 0 Å². The molecule has 0 spiro atoms. The molecule has 1 aromatic heterocycles. The zero-order chi connectivity index (χ0) is 15.5. The highest BCUT2D eigenvalue weighted by atomic mass is 16.7. The lowest BCUT2D eigenvalue weighted by molar-refractivity contribution is 0.174. The van der Waals surface area contributed by atoms with Gasteiger partial charge in [0.2, 0.25) is 6.79 Å². The number of carbonyl (C=O) groups excluding carboxylic acids is 1. The molecule has 0 bridgehead atoms. The Kier molecular flexibility index (Phi) is 3.86. The average Bonchev–Trinajstić information content (AvgIpc) is 3.12. The van der Waals surface area contributed by atoms with Crippen LogP contribution in [0.1, 0.15) is 17.0 Å². The summed E-state index contributed by atoms with van der Waals surface area (Å²) in [5, 5.41) is 6.56. The molecule has 0 saturated heterocycles. The van der Waals surface area contributed by atoms with Crippen molar-refractivity contribution in [2.24, 2.45) is 0 Å². The summed E-state index contributed by atoms with van der Waals surface area (Å²) in [6, 6.07) is 7.24. The van der Waals surface area contributed by atoms with Gasteiger partial charge >= 0.3 is 6.03 Å². The average molecular weight is 303 g/mol. The molecule has 0 radical (unpaired) electrons. The first kappa shape index (κ1) is 14.2. The van der Waals surface area contributed by atoms with Crippen molar-refractivity contribution in [2.45, 2.75) is 20.0 Å². The molecular weight excluding hydrogens is 286 g/mol. The Labute approximate surface area is 127 Å². The van der Waals surface area contributed by atoms with Gasteiger partial charge in [-0.3, -0.25) is 0 Å². The largest absolute Gasteiger partial charge is 0.454 e. The highest BCUT2D eigenvalue weighted by Crippen LogP contribution is 2.32. The molecule has 0 unspecified atom stereocenters. The molecule has 1 aromatic carbocycles. The number of urea groups is 1. The van der Waals surface area contributed by atoms with Gasteiger partial charge in [0, 0.05) is 19.7 Å². The number of nitrogens with one attached hydrogen (secondary N) is 1. The molecule has 1 aliphatic heterocycles. The fourth-order valence-corrected chi connectivity index (χ4v) is 2.18. The molecule has 0 fully saturated rings. The number of carbonyl (C=O) groups is 1. The number of rotatable bonds is 4. The number of benzene rings is 1. The van der Waals surface area contributed by atoms with Crippen molar-refractivity contribution in [1.82, 2.24) is 15.4 Å². The molecular formula is C15H17N3O4. The molecule has 3 rings (SSSR count). The van der Waals surface area contributed by atoms with E-state index in [1.807, 2.05) is 25.1 Å². The minimum Gasteiger partial charge on any atom is -0.454 e. The van der Waals surface area contributed by atoms with E-state index in [2.05, 4.69) is 10.5 Å². The molecule has 2 amide bonds. The van der Waals surface area contributed by atoms with Crippen molar-refractivity contribution in [3.63, 3.8) is 0 Å². The summed E-state index contributed by atoms with van der Waals surface area (Å²) in [7, 11) is 1.73. The van der Waals surface area contributed by atoms with Gasteiger partial charge in [0.1, 0.15) is 0 Å². The lowest BCUT2D eigenvalue weighted by Crippen LogP contribution is -2.36. The molecule has 2 heterocycles. The molecule has 0 saturated carbocycles. The molecule has 116 valence electrons. The van der Waals surface area contributed by atoms with Crippen molar-refractivity contribution in [1.29, 1.82) is 0 Å². The lowest BCUT2D eigenvalue weighted by Gasteiger charge is -2.17. The Morgan fingerprint density at radius 2 is 2.14 bits per heavy atom. The Bertz CT molecular complexity index is 683. The number of hydrogen-bond donors (Lipinski definition) is 1. The normalized spacial score (nSPS) is 12.3. The number of ether oxygens (including phenoxy) is 2. The third-order valence-electron chi connectivity index (χ3n) is 3.29. The van der Waals surface area contributed by atoms with E-state index in [0.29, 0.717) is 24.6 Å². The highest BCUT2D eigenvalue weighted by Gasteiger charge is 2.15. The maximum atomic E-state index is 12.1. The predicted molar refractivity (Wildman–Crippen MR) is 77.5 cm³/mol. The van der Waals surface area contributed by atoms with Crippen LogP contribution in [0.25, 0.3) is 0 Å². The number of fused-ring (bicyclic) bond motifs is 1. The van der Waals surface area contributed by atoms with E-state index in [4.69, 9.17) is 14.0 Å². The summed E-state index contributed by atoms with van der Waals surface area (Å²) in [5.41, 5.74) is 1.76. The summed E-state index contributed by atoms with van der Waals surface area (Å²) in [5.74, 6) is 2.07. The van der Waals surface area contributed by atoms with Crippen LogP contribution in [0.4, 0.5) is 4.79 Å². The molecule has 1 aliphatic rings. The fraction of sp³-hybridized carbons (Fsp3) is 0.333. The van der Waals surface area contributed by atoms with Crippen molar-refractivity contribution in [3.8, 4) is 11.5 Å². The van der Waals surface area contributed by atoms with Crippen LogP contribution in [0.15, 0.2) is 28.8 Å². The number of amides is 2. The first-order valence-electron chi connectivity index (χ1n) is 6.91. The van der Waals surface area contributed by atoms with E-state index in [1.54, 1.807) is 18.0 Å². The second-order valence-corrected chi connectivity index (χ2v) is 5.14. The quantitative estimate of drug-likeness (QED) is 0.935. The molecule has 7 nitrogen and oxygen atoms in total. The zero-order valence-corrected chi connectivity index (χ0v) is 12.5. The second-order valence-electron chi connectivity index (χ2n) is 5.14. The van der Waals surface area contributed by atoms with E-state index in [9.17, 15) is 4.79 Å². The molecule has 22 heavy (non-hydrogen) atoms. The highest BCUT2D eigenvalue weighted by molar-refractivity contribution is 5.73. The topological polar surface area (TPSA) is 76.8 Å². The Morgan fingerprint density at radius 3 is 2.91 bits per heavy atom. The summed E-state index contributed by atoms with van der Waals surface area (Å²) < 4.78 is 15.6. The van der Waals surface area contributed by atoms with Crippen LogP contribution in [0.5, 0.6) is 11.5 Å². The van der Waals surface area contributed by atoms with Crippen LogP contribution in [0, 0.1) is 6.92 Å². The fourth-order valence-electron chi connectivity index (χ4n) is 2.18. The summed E-state index contributed by atoms with van der Waals surface area (Å²) in [6.07, 6.45) is 0. The van der Waals surface area contributed by atoms with E-state index in [0.717, 1.165) is 17.0 Å². The second kappa shape index (κ2) is 5.97. The van der Waals surface area contributed by atoms with Gasteiger partial charge in [0.15, 0.2) is 17.3 Å². The van der Waals surface area contributed by atoms with Crippen LogP contribution in [0.3, 0.4) is 0 Å². The van der Waals surface area contributed by atoms with Gasteiger partial charge in [0.05, 0.1) is 12.2 Å². The van der Waals surface area contributed by atoms with Crippen molar-refractivity contribution in [2.75, 3.05) is 13.8 Å². The smallest absolute Gasteiger partial charge is 0.317 e. The van der Waals surface area contributed by atoms with Gasteiger partial charge in [-0.15, -0.1) is 0 Å². The number of aromatic nitrogens is 1. The Morgan fingerprint density at radius 1 is 1.32 bits per heavy atom. The van der Waals surface area contributed by atoms with Crippen LogP contribution >= 0.6 is 0 Å². The van der Waals surface area contributed by atoms with E-state index >= 15 is 0 Å². The summed E-state index contributed by atoms with van der Waals surface area (Å²) in [4.78, 5) is 13.6. The standard InChI is InChI=1S/C15H17N3O4/c1-10-5-12(22-17-10)7-16-15(19)18(2)8-11-3-4-13-14(6-11)21-9-20-13/h3-6H,7-9H2,1-2H3,(H,16,19). The first-order chi connectivity index (χ1) is 10.6. The van der Waals surface area contributed by atoms with Crippen LogP contribution < -0.4 is 14.8 Å². The molecule has 7 heteroatoms. The molecule has 1 N–H and O–H groups in total. The van der Waals surface area contributed by atoms with E-state index in [1.165, 1.54) is 0 Å². The monoisotopic (exact) mass is 303 g/mol. The lowest BCUT2D eigenvalue weighted by atomic mass is 10.2. The van der Waals surface area contributed by atoms with Crippen molar-refractivity contribution < 1.29 is 18.8 Å². The zero-order valence-electron chi connectivity index (χ0n) is 12.5. The van der Waals surface area contributed by atoms with E-state index in [-0.39, 0.29) is 12.8 Å². The van der Waals surface area contributed by atoms with Gasteiger partial charge < -0.3 is 24.2 Å². The Balaban J connectivity index is 1.54. The summed E-state index contributed by atoms with van der Waals surface area (Å²) in [6.45, 7) is 2.86. The Hall–Kier alpha value is -2.70. The predicted octanol–water partition coefficient (Wildman–Crippen LogP) is 2.05. The third-order valence-corrected chi connectivity index (χ3v) is 3.29. The van der Waals surface area contributed by atoms with Crippen molar-refractivity contribution in [3.05, 3.63) is 41.3 Å². The van der Waals surface area contributed by atoms with Crippen LogP contribution in [-0.4, -0.2) is 29.9 Å². The minimum atomic E-state index is -0.188. The van der Waals surface area contributed by atoms with Gasteiger partial charge in [-0.05, 0) is 24.6 Å². The maximum Gasteiger partial charge on any atom is 0.317 e. The van der Waals surface area contributed by atoms with E-state index < -0.39 is 0 Å². The molecule has 0 atom stereocenters. The third kappa shape index (κ3) is 3.13. The summed E-state index contributed by atoms with van der Waals surface area (Å²) >= 11 is 0. The number of nitrogens with zero attached hydrogens (tertiary/aromatic N) is 2. The maximum absolute atomic E-state index is 12.1. The van der Waals surface area contributed by atoms with Gasteiger partial charge in [-0.1, -0.05) is 11.2 Å². The van der Waals surface area contributed by atoms with Crippen LogP contribution in [0.2, 0.25) is 0 Å².